The molecule has 5 heteroatoms. The van der Waals surface area contributed by atoms with Crippen molar-refractivity contribution < 1.29 is 9.59 Å². The van der Waals surface area contributed by atoms with Crippen LogP contribution in [0.4, 0.5) is 0 Å². The lowest BCUT2D eigenvalue weighted by atomic mass is 9.94. The van der Waals surface area contributed by atoms with E-state index in [4.69, 9.17) is 0 Å². The summed E-state index contributed by atoms with van der Waals surface area (Å²) in [5.74, 6) is 0.470. The van der Waals surface area contributed by atoms with E-state index in [0.717, 1.165) is 61.4 Å². The Hall–Kier alpha value is -2.56. The Kier molecular flexibility index (Phi) is 5.98. The van der Waals surface area contributed by atoms with Crippen molar-refractivity contribution in [3.05, 3.63) is 52.8 Å². The van der Waals surface area contributed by atoms with Gasteiger partial charge in [0.1, 0.15) is 0 Å². The lowest BCUT2D eigenvalue weighted by Crippen LogP contribution is -2.45. The quantitative estimate of drug-likeness (QED) is 0.763. The average molecular weight is 408 g/mol. The average Bonchev–Trinajstić information content (AvgIpc) is 3.07. The van der Waals surface area contributed by atoms with Gasteiger partial charge in [-0.05, 0) is 70.6 Å². The highest BCUT2D eigenvalue weighted by atomic mass is 16.2. The molecule has 2 aliphatic rings. The van der Waals surface area contributed by atoms with E-state index in [1.165, 1.54) is 12.0 Å². The van der Waals surface area contributed by atoms with Crippen molar-refractivity contribution in [1.29, 1.82) is 0 Å². The van der Waals surface area contributed by atoms with Gasteiger partial charge in [0, 0.05) is 49.2 Å². The van der Waals surface area contributed by atoms with Crippen LogP contribution in [0.25, 0.3) is 5.69 Å². The lowest BCUT2D eigenvalue weighted by Gasteiger charge is -2.35. The molecule has 3 heterocycles. The first-order chi connectivity index (χ1) is 14.5. The summed E-state index contributed by atoms with van der Waals surface area (Å²) in [7, 11) is 0. The zero-order chi connectivity index (χ0) is 21.3. The molecule has 0 unspecified atom stereocenters. The first-order valence-corrected chi connectivity index (χ1v) is 11.3. The third-order valence-electron chi connectivity index (χ3n) is 6.82. The van der Waals surface area contributed by atoms with Gasteiger partial charge in [-0.2, -0.15) is 0 Å². The summed E-state index contributed by atoms with van der Waals surface area (Å²) >= 11 is 0. The maximum Gasteiger partial charge on any atom is 0.255 e. The highest BCUT2D eigenvalue weighted by Crippen LogP contribution is 2.27. The maximum absolute atomic E-state index is 13.3. The molecule has 0 aliphatic carbocycles. The Bertz CT molecular complexity index is 932. The van der Waals surface area contributed by atoms with Crippen molar-refractivity contribution in [2.45, 2.75) is 52.9 Å². The summed E-state index contributed by atoms with van der Waals surface area (Å²) in [6, 6.07) is 10.3. The number of para-hydroxylation sites is 1. The number of carbonyl (C=O) groups is 2. The molecule has 2 saturated heterocycles. The van der Waals surface area contributed by atoms with E-state index in [0.29, 0.717) is 19.0 Å². The van der Waals surface area contributed by atoms with Crippen LogP contribution < -0.4 is 0 Å². The molecule has 30 heavy (non-hydrogen) atoms. The van der Waals surface area contributed by atoms with Gasteiger partial charge in [0.05, 0.1) is 5.56 Å². The minimum Gasteiger partial charge on any atom is -0.342 e. The van der Waals surface area contributed by atoms with Gasteiger partial charge in [-0.15, -0.1) is 0 Å². The van der Waals surface area contributed by atoms with E-state index in [-0.39, 0.29) is 11.8 Å². The van der Waals surface area contributed by atoms with Crippen molar-refractivity contribution in [2.24, 2.45) is 5.92 Å². The van der Waals surface area contributed by atoms with Crippen LogP contribution in [0.1, 0.15) is 59.4 Å². The van der Waals surface area contributed by atoms with E-state index in [1.54, 1.807) is 0 Å². The van der Waals surface area contributed by atoms with Gasteiger partial charge >= 0.3 is 0 Å². The molecule has 0 saturated carbocycles. The summed E-state index contributed by atoms with van der Waals surface area (Å²) < 4.78 is 2.18. The topological polar surface area (TPSA) is 45.6 Å². The summed E-state index contributed by atoms with van der Waals surface area (Å²) in [5, 5.41) is 0. The molecule has 5 nitrogen and oxygen atoms in total. The first kappa shape index (κ1) is 20.7. The van der Waals surface area contributed by atoms with Crippen molar-refractivity contribution in [3.8, 4) is 5.69 Å². The van der Waals surface area contributed by atoms with E-state index >= 15 is 0 Å². The predicted octanol–water partition coefficient (Wildman–Crippen LogP) is 4.27. The number of aryl methyl sites for hydroxylation is 2. The van der Waals surface area contributed by atoms with Crippen LogP contribution in [0, 0.1) is 26.7 Å². The standard InChI is InChI=1S/C25H33N3O2/c1-18-9-5-6-10-23(18)28-19(2)17-22(20(28)3)25(30)27-15-11-21(12-16-27)24(29)26-13-7-4-8-14-26/h5-6,9-10,17,21H,4,7-8,11-16H2,1-3H3. The van der Waals surface area contributed by atoms with E-state index in [9.17, 15) is 9.59 Å². The molecule has 2 aromatic rings. The van der Waals surface area contributed by atoms with Crippen molar-refractivity contribution >= 4 is 11.8 Å². The highest BCUT2D eigenvalue weighted by molar-refractivity contribution is 5.96. The summed E-state index contributed by atoms with van der Waals surface area (Å²) in [5.41, 5.74) is 5.14. The third kappa shape index (κ3) is 3.90. The first-order valence-electron chi connectivity index (χ1n) is 11.3. The normalized spacial score (nSPS) is 18.0. The van der Waals surface area contributed by atoms with E-state index in [2.05, 4.69) is 30.5 Å². The van der Waals surface area contributed by atoms with Gasteiger partial charge in [-0.25, -0.2) is 0 Å². The minimum absolute atomic E-state index is 0.0755. The number of carbonyl (C=O) groups excluding carboxylic acids is 2. The molecule has 0 atom stereocenters. The number of benzene rings is 1. The summed E-state index contributed by atoms with van der Waals surface area (Å²) in [6.45, 7) is 9.32. The van der Waals surface area contributed by atoms with Gasteiger partial charge in [0.2, 0.25) is 5.91 Å². The number of piperidine rings is 2. The Labute approximate surface area is 179 Å². The van der Waals surface area contributed by atoms with Gasteiger partial charge in [-0.3, -0.25) is 9.59 Å². The van der Waals surface area contributed by atoms with E-state index < -0.39 is 0 Å². The fraction of sp³-hybridized carbons (Fsp3) is 0.520. The molecule has 1 aromatic carbocycles. The van der Waals surface area contributed by atoms with Crippen LogP contribution in [0.5, 0.6) is 0 Å². The van der Waals surface area contributed by atoms with Gasteiger partial charge in [0.15, 0.2) is 0 Å². The molecule has 160 valence electrons. The number of amides is 2. The van der Waals surface area contributed by atoms with Crippen LogP contribution in [0.2, 0.25) is 0 Å². The molecule has 0 radical (unpaired) electrons. The van der Waals surface area contributed by atoms with Gasteiger partial charge in [0.25, 0.3) is 5.91 Å². The van der Waals surface area contributed by atoms with Gasteiger partial charge in [-0.1, -0.05) is 18.2 Å². The van der Waals surface area contributed by atoms with Crippen LogP contribution in [-0.2, 0) is 4.79 Å². The van der Waals surface area contributed by atoms with Crippen LogP contribution >= 0.6 is 0 Å². The molecule has 2 amide bonds. The van der Waals surface area contributed by atoms with Gasteiger partial charge < -0.3 is 14.4 Å². The van der Waals surface area contributed by atoms with Crippen LogP contribution in [-0.4, -0.2) is 52.4 Å². The summed E-state index contributed by atoms with van der Waals surface area (Å²) in [6.07, 6.45) is 5.03. The largest absolute Gasteiger partial charge is 0.342 e. The van der Waals surface area contributed by atoms with Crippen LogP contribution in [0.15, 0.2) is 30.3 Å². The number of hydrogen-bond donors (Lipinski definition) is 0. The second-order valence-electron chi connectivity index (χ2n) is 8.86. The lowest BCUT2D eigenvalue weighted by molar-refractivity contribution is -0.137. The summed E-state index contributed by atoms with van der Waals surface area (Å²) in [4.78, 5) is 30.1. The SMILES string of the molecule is Cc1ccccc1-n1c(C)cc(C(=O)N2CCC(C(=O)N3CCCCC3)CC2)c1C. The molecule has 0 N–H and O–H groups in total. The van der Waals surface area contributed by atoms with Crippen molar-refractivity contribution in [1.82, 2.24) is 14.4 Å². The Morgan fingerprint density at radius 2 is 1.53 bits per heavy atom. The Morgan fingerprint density at radius 1 is 0.867 bits per heavy atom. The Morgan fingerprint density at radius 3 is 2.20 bits per heavy atom. The molecule has 0 bridgehead atoms. The third-order valence-corrected chi connectivity index (χ3v) is 6.82. The highest BCUT2D eigenvalue weighted by Gasteiger charge is 2.32. The second-order valence-corrected chi connectivity index (χ2v) is 8.86. The van der Waals surface area contributed by atoms with Crippen molar-refractivity contribution in [3.63, 3.8) is 0 Å². The molecular formula is C25H33N3O2. The molecule has 4 rings (SSSR count). The monoisotopic (exact) mass is 407 g/mol. The molecule has 2 aliphatic heterocycles. The molecule has 2 fully saturated rings. The number of hydrogen-bond acceptors (Lipinski definition) is 2. The number of likely N-dealkylation sites (tertiary alicyclic amines) is 2. The number of nitrogens with zero attached hydrogens (tertiary/aromatic N) is 3. The molecule has 0 spiro atoms. The second kappa shape index (κ2) is 8.66. The fourth-order valence-corrected chi connectivity index (χ4v) is 5.04. The maximum atomic E-state index is 13.3. The Balaban J connectivity index is 1.45. The molecule has 1 aromatic heterocycles. The van der Waals surface area contributed by atoms with Crippen molar-refractivity contribution in [2.75, 3.05) is 26.2 Å². The molecular weight excluding hydrogens is 374 g/mol. The zero-order valence-electron chi connectivity index (χ0n) is 18.5. The van der Waals surface area contributed by atoms with E-state index in [1.807, 2.05) is 34.9 Å². The smallest absolute Gasteiger partial charge is 0.255 e. The minimum atomic E-state index is 0.0755. The van der Waals surface area contributed by atoms with Crippen LogP contribution in [0.3, 0.4) is 0 Å². The zero-order valence-corrected chi connectivity index (χ0v) is 18.5. The number of rotatable bonds is 3. The predicted molar refractivity (Wildman–Crippen MR) is 119 cm³/mol. The fourth-order valence-electron chi connectivity index (χ4n) is 5.04. The number of aromatic nitrogens is 1.